The molecule has 4 N–H and O–H groups in total. The monoisotopic (exact) mass is 246 g/mol. The van der Waals surface area contributed by atoms with Crippen molar-refractivity contribution in [3.63, 3.8) is 0 Å². The molecule has 0 aliphatic carbocycles. The molecule has 0 heterocycles. The van der Waals surface area contributed by atoms with E-state index in [-0.39, 0.29) is 12.1 Å². The van der Waals surface area contributed by atoms with Gasteiger partial charge in [-0.3, -0.25) is 5.01 Å². The van der Waals surface area contributed by atoms with Gasteiger partial charge in [0, 0.05) is 26.7 Å². The molecule has 0 saturated carbocycles. The van der Waals surface area contributed by atoms with Gasteiger partial charge in [0.05, 0.1) is 6.04 Å². The lowest BCUT2D eigenvalue weighted by atomic mass is 10.1. The molecule has 102 valence electrons. The van der Waals surface area contributed by atoms with Crippen molar-refractivity contribution in [3.8, 4) is 0 Å². The molecule has 0 aromatic carbocycles. The number of hydrogen-bond acceptors (Lipinski definition) is 5. The Hall–Kier alpha value is -0.850. The van der Waals surface area contributed by atoms with Crippen LogP contribution in [0.3, 0.4) is 0 Å². The smallest absolute Gasteiger partial charge is 0.407 e. The summed E-state index contributed by atoms with van der Waals surface area (Å²) < 4.78 is 5.18. The number of hydrogen-bond donors (Lipinski definition) is 3. The van der Waals surface area contributed by atoms with Gasteiger partial charge in [0.25, 0.3) is 0 Å². The minimum absolute atomic E-state index is 0.0301. The number of nitrogens with one attached hydrogen (secondary N) is 2. The van der Waals surface area contributed by atoms with Crippen molar-refractivity contribution < 1.29 is 9.53 Å². The highest BCUT2D eigenvalue weighted by molar-refractivity contribution is 5.68. The third-order valence-electron chi connectivity index (χ3n) is 2.03. The zero-order chi connectivity index (χ0) is 13.6. The summed E-state index contributed by atoms with van der Waals surface area (Å²) in [5.41, 5.74) is 8.29. The Bertz CT molecular complexity index is 238. The molecule has 2 atom stereocenters. The lowest BCUT2D eigenvalue weighted by Crippen LogP contribution is -2.56. The molecule has 0 fully saturated rings. The highest BCUT2D eigenvalue weighted by Gasteiger charge is 2.22. The van der Waals surface area contributed by atoms with E-state index in [9.17, 15) is 4.79 Å². The molecule has 0 aliphatic heterocycles. The molecule has 0 saturated heterocycles. The first-order valence-electron chi connectivity index (χ1n) is 5.78. The van der Waals surface area contributed by atoms with Gasteiger partial charge in [-0.1, -0.05) is 0 Å². The number of rotatable bonds is 5. The van der Waals surface area contributed by atoms with E-state index in [2.05, 4.69) is 10.7 Å². The third kappa shape index (κ3) is 7.95. The molecule has 1 amide bonds. The molecular formula is C11H26N4O2. The lowest BCUT2D eigenvalue weighted by molar-refractivity contribution is 0.0489. The van der Waals surface area contributed by atoms with E-state index in [1.807, 2.05) is 46.8 Å². The molecule has 0 radical (unpaired) electrons. The van der Waals surface area contributed by atoms with Gasteiger partial charge in [-0.05, 0) is 27.7 Å². The lowest BCUT2D eigenvalue weighted by Gasteiger charge is -2.29. The van der Waals surface area contributed by atoms with E-state index >= 15 is 0 Å². The topological polar surface area (TPSA) is 79.6 Å². The first-order chi connectivity index (χ1) is 7.65. The van der Waals surface area contributed by atoms with Crippen LogP contribution in [-0.2, 0) is 4.74 Å². The number of nitrogens with zero attached hydrogens (tertiary/aromatic N) is 1. The summed E-state index contributed by atoms with van der Waals surface area (Å²) in [6.45, 7) is 7.80. The van der Waals surface area contributed by atoms with Crippen molar-refractivity contribution in [1.82, 2.24) is 15.8 Å². The predicted octanol–water partition coefficient (Wildman–Crippen LogP) is 0.293. The van der Waals surface area contributed by atoms with E-state index in [4.69, 9.17) is 10.5 Å². The van der Waals surface area contributed by atoms with E-state index in [0.29, 0.717) is 6.54 Å². The van der Waals surface area contributed by atoms with Crippen LogP contribution in [0.5, 0.6) is 0 Å². The highest BCUT2D eigenvalue weighted by Crippen LogP contribution is 2.07. The molecule has 6 heteroatoms. The second kappa shape index (κ2) is 6.78. The van der Waals surface area contributed by atoms with E-state index in [0.717, 1.165) is 0 Å². The molecule has 0 aromatic heterocycles. The fourth-order valence-corrected chi connectivity index (χ4v) is 1.29. The first kappa shape index (κ1) is 16.1. The largest absolute Gasteiger partial charge is 0.444 e. The van der Waals surface area contributed by atoms with Gasteiger partial charge in [0.15, 0.2) is 0 Å². The Morgan fingerprint density at radius 1 is 1.41 bits per heavy atom. The van der Waals surface area contributed by atoms with Crippen molar-refractivity contribution in [3.05, 3.63) is 0 Å². The maximum Gasteiger partial charge on any atom is 0.407 e. The molecule has 2 unspecified atom stereocenters. The van der Waals surface area contributed by atoms with Crippen molar-refractivity contribution >= 4 is 6.09 Å². The fourth-order valence-electron chi connectivity index (χ4n) is 1.29. The average Bonchev–Trinajstić information content (AvgIpc) is 2.10. The van der Waals surface area contributed by atoms with Crippen LogP contribution in [0.1, 0.15) is 27.7 Å². The molecule has 0 spiro atoms. The summed E-state index contributed by atoms with van der Waals surface area (Å²) >= 11 is 0. The van der Waals surface area contributed by atoms with Gasteiger partial charge >= 0.3 is 6.09 Å². The number of ether oxygens (including phenoxy) is 1. The third-order valence-corrected chi connectivity index (χ3v) is 2.03. The normalized spacial score (nSPS) is 15.5. The van der Waals surface area contributed by atoms with Crippen LogP contribution < -0.4 is 16.5 Å². The summed E-state index contributed by atoms with van der Waals surface area (Å²) in [4.78, 5) is 11.6. The van der Waals surface area contributed by atoms with Crippen LogP contribution in [0.2, 0.25) is 0 Å². The Morgan fingerprint density at radius 3 is 2.29 bits per heavy atom. The number of carbonyl (C=O) groups is 1. The van der Waals surface area contributed by atoms with Gasteiger partial charge in [-0.25, -0.2) is 10.2 Å². The second-order valence-corrected chi connectivity index (χ2v) is 5.30. The van der Waals surface area contributed by atoms with Crippen molar-refractivity contribution in [2.75, 3.05) is 20.6 Å². The zero-order valence-corrected chi connectivity index (χ0v) is 11.7. The minimum atomic E-state index is -0.489. The maximum atomic E-state index is 11.6. The number of nitrogens with two attached hydrogens (primary N) is 1. The van der Waals surface area contributed by atoms with Crippen LogP contribution in [0, 0.1) is 0 Å². The molecular weight excluding hydrogens is 220 g/mol. The quantitative estimate of drug-likeness (QED) is 0.608. The number of carbonyl (C=O) groups excluding carboxylic acids is 1. The molecule has 0 aliphatic rings. The van der Waals surface area contributed by atoms with Crippen LogP contribution in [0.4, 0.5) is 4.79 Å². The molecule has 0 aromatic rings. The summed E-state index contributed by atoms with van der Waals surface area (Å²) in [6.07, 6.45) is -0.427. The standard InChI is InChI=1S/C11H26N4O2/c1-8(9(7-12)14-15(5)6)13-10(16)17-11(2,3)4/h8-9,14H,7,12H2,1-6H3,(H,13,16). The molecule has 0 bridgehead atoms. The zero-order valence-electron chi connectivity index (χ0n) is 11.7. The minimum Gasteiger partial charge on any atom is -0.444 e. The summed E-state index contributed by atoms with van der Waals surface area (Å²) in [7, 11) is 3.76. The van der Waals surface area contributed by atoms with Crippen LogP contribution in [-0.4, -0.2) is 49.4 Å². The van der Waals surface area contributed by atoms with E-state index in [1.165, 1.54) is 0 Å². The highest BCUT2D eigenvalue weighted by atomic mass is 16.6. The SMILES string of the molecule is CC(NC(=O)OC(C)(C)C)C(CN)NN(C)C. The molecule has 0 rings (SSSR count). The van der Waals surface area contributed by atoms with E-state index in [1.54, 1.807) is 0 Å². The molecule has 17 heavy (non-hydrogen) atoms. The predicted molar refractivity (Wildman–Crippen MR) is 68.5 cm³/mol. The van der Waals surface area contributed by atoms with Crippen molar-refractivity contribution in [2.45, 2.75) is 45.4 Å². The van der Waals surface area contributed by atoms with Gasteiger partial charge in [0.1, 0.15) is 5.60 Å². The van der Waals surface area contributed by atoms with Crippen molar-refractivity contribution in [1.29, 1.82) is 0 Å². The Balaban J connectivity index is 4.21. The Labute approximate surface area is 104 Å². The van der Waals surface area contributed by atoms with E-state index < -0.39 is 11.7 Å². The van der Waals surface area contributed by atoms with Gasteiger partial charge in [0.2, 0.25) is 0 Å². The summed E-state index contributed by atoms with van der Waals surface area (Å²) in [6, 6.07) is -0.144. The first-order valence-corrected chi connectivity index (χ1v) is 5.78. The average molecular weight is 246 g/mol. The second-order valence-electron chi connectivity index (χ2n) is 5.30. The summed E-state index contributed by atoms with van der Waals surface area (Å²) in [5, 5.41) is 4.57. The molecule has 6 nitrogen and oxygen atoms in total. The van der Waals surface area contributed by atoms with Gasteiger partial charge in [-0.2, -0.15) is 0 Å². The van der Waals surface area contributed by atoms with Gasteiger partial charge < -0.3 is 15.8 Å². The summed E-state index contributed by atoms with van der Waals surface area (Å²) in [5.74, 6) is 0. The maximum absolute atomic E-state index is 11.6. The fraction of sp³-hybridized carbons (Fsp3) is 0.909. The van der Waals surface area contributed by atoms with Crippen LogP contribution in [0.15, 0.2) is 0 Å². The number of amides is 1. The van der Waals surface area contributed by atoms with Crippen molar-refractivity contribution in [2.24, 2.45) is 5.73 Å². The van der Waals surface area contributed by atoms with Crippen LogP contribution in [0.25, 0.3) is 0 Å². The van der Waals surface area contributed by atoms with Gasteiger partial charge in [-0.15, -0.1) is 0 Å². The Kier molecular flexibility index (Phi) is 6.44. The Morgan fingerprint density at radius 2 is 1.94 bits per heavy atom. The number of alkyl carbamates (subject to hydrolysis) is 1. The number of hydrazine groups is 1. The van der Waals surface area contributed by atoms with Crippen LogP contribution >= 0.6 is 0 Å².